The first kappa shape index (κ1) is 15.6. The zero-order valence-corrected chi connectivity index (χ0v) is 14.2. The van der Waals surface area contributed by atoms with Crippen LogP contribution >= 0.6 is 11.8 Å². The average molecular weight is 338 g/mol. The van der Waals surface area contributed by atoms with E-state index in [1.54, 1.807) is 0 Å². The monoisotopic (exact) mass is 338 g/mol. The highest BCUT2D eigenvalue weighted by atomic mass is 32.2. The second kappa shape index (κ2) is 5.70. The van der Waals surface area contributed by atoms with Crippen molar-refractivity contribution >= 4 is 32.7 Å². The van der Waals surface area contributed by atoms with Gasteiger partial charge in [0.05, 0.1) is 17.5 Å². The molecule has 0 unspecified atom stereocenters. The highest BCUT2D eigenvalue weighted by Gasteiger charge is 2.48. The first-order chi connectivity index (χ1) is 10.3. The third kappa shape index (κ3) is 3.20. The molecule has 0 N–H and O–H groups in total. The van der Waals surface area contributed by atoms with Crippen molar-refractivity contribution in [3.05, 3.63) is 35.4 Å². The second-order valence-corrected chi connectivity index (χ2v) is 9.19. The Bertz CT molecular complexity index is 726. The molecule has 2 atom stereocenters. The van der Waals surface area contributed by atoms with Crippen LogP contribution in [-0.4, -0.2) is 47.2 Å². The number of hydrogen-bond donors (Lipinski definition) is 0. The van der Waals surface area contributed by atoms with Crippen LogP contribution in [-0.2, 0) is 21.2 Å². The fourth-order valence-electron chi connectivity index (χ4n) is 2.85. The zero-order chi connectivity index (χ0) is 15.9. The van der Waals surface area contributed by atoms with Crippen molar-refractivity contribution in [3.8, 4) is 0 Å². The molecule has 1 aromatic rings. The topological polar surface area (TPSA) is 66.8 Å². The molecule has 2 aliphatic rings. The fraction of sp³-hybridized carbons (Fsp3) is 0.467. The Kier molecular flexibility index (Phi) is 4.03. The van der Waals surface area contributed by atoms with E-state index in [-0.39, 0.29) is 28.7 Å². The van der Waals surface area contributed by atoms with Crippen molar-refractivity contribution in [1.82, 2.24) is 4.90 Å². The number of nitrogens with zero attached hydrogens (tertiary/aromatic N) is 2. The van der Waals surface area contributed by atoms with Gasteiger partial charge in [-0.25, -0.2) is 8.42 Å². The quantitative estimate of drug-likeness (QED) is 0.820. The smallest absolute Gasteiger partial charge is 0.244 e. The van der Waals surface area contributed by atoms with Gasteiger partial charge in [-0.05, 0) is 12.5 Å². The normalized spacial score (nSPS) is 28.1. The highest BCUT2D eigenvalue weighted by Crippen LogP contribution is 2.39. The molecule has 7 heteroatoms. The molecule has 2 aliphatic heterocycles. The summed E-state index contributed by atoms with van der Waals surface area (Å²) in [5.74, 6) is 0.0659. The Morgan fingerprint density at radius 2 is 2.00 bits per heavy atom. The minimum atomic E-state index is -2.99. The number of aryl methyl sites for hydroxylation is 1. The molecule has 0 saturated carbocycles. The number of aliphatic imine (C=N–C) groups is 1. The minimum absolute atomic E-state index is 0.0199. The number of thioether (sulfide) groups is 1. The molecule has 0 aliphatic carbocycles. The number of fused-ring (bicyclic) bond motifs is 1. The lowest BCUT2D eigenvalue weighted by atomic mass is 10.1. The second-order valence-electron chi connectivity index (χ2n) is 5.83. The van der Waals surface area contributed by atoms with Gasteiger partial charge in [0.1, 0.15) is 0 Å². The summed E-state index contributed by atoms with van der Waals surface area (Å²) in [6.07, 6.45) is 0. The van der Waals surface area contributed by atoms with Crippen molar-refractivity contribution < 1.29 is 13.2 Å². The van der Waals surface area contributed by atoms with E-state index >= 15 is 0 Å². The van der Waals surface area contributed by atoms with Crippen LogP contribution in [0.4, 0.5) is 0 Å². The SMILES string of the molecule is CC(=O)N=C1S[C@H]2CS(=O)(=O)C[C@@H]2N1Cc1ccc(C)cc1. The van der Waals surface area contributed by atoms with Crippen molar-refractivity contribution in [2.75, 3.05) is 11.5 Å². The van der Waals surface area contributed by atoms with Crippen LogP contribution in [0.25, 0.3) is 0 Å². The Hall–Kier alpha value is -1.34. The molecule has 5 nitrogen and oxygen atoms in total. The predicted molar refractivity (Wildman–Crippen MR) is 88.7 cm³/mol. The van der Waals surface area contributed by atoms with Gasteiger partial charge in [0.15, 0.2) is 15.0 Å². The summed E-state index contributed by atoms with van der Waals surface area (Å²) in [6.45, 7) is 4.02. The standard InChI is InChI=1S/C15H18N2O3S2/c1-10-3-5-12(6-4-10)7-17-13-8-22(19,20)9-14(13)21-15(17)16-11(2)18/h3-6,13-14H,7-9H2,1-2H3/t13-,14-/m0/s1. The van der Waals surface area contributed by atoms with Crippen LogP contribution < -0.4 is 0 Å². The summed E-state index contributed by atoms with van der Waals surface area (Å²) in [7, 11) is -2.99. The maximum absolute atomic E-state index is 11.9. The third-order valence-corrected chi connectivity index (χ3v) is 7.15. The Morgan fingerprint density at radius 3 is 2.64 bits per heavy atom. The van der Waals surface area contributed by atoms with Crippen LogP contribution in [0.3, 0.4) is 0 Å². The van der Waals surface area contributed by atoms with Gasteiger partial charge in [-0.2, -0.15) is 4.99 Å². The molecule has 2 saturated heterocycles. The maximum Gasteiger partial charge on any atom is 0.244 e. The van der Waals surface area contributed by atoms with Crippen molar-refractivity contribution in [2.24, 2.45) is 4.99 Å². The minimum Gasteiger partial charge on any atom is -0.342 e. The Labute approximate surface area is 134 Å². The molecule has 22 heavy (non-hydrogen) atoms. The molecular formula is C15H18N2O3S2. The molecule has 2 fully saturated rings. The first-order valence-electron chi connectivity index (χ1n) is 7.12. The van der Waals surface area contributed by atoms with E-state index in [4.69, 9.17) is 0 Å². The van der Waals surface area contributed by atoms with Gasteiger partial charge < -0.3 is 4.90 Å². The van der Waals surface area contributed by atoms with Crippen LogP contribution in [0.2, 0.25) is 0 Å². The summed E-state index contributed by atoms with van der Waals surface area (Å²) in [6, 6.07) is 8.03. The number of rotatable bonds is 2. The number of amides is 1. The Balaban J connectivity index is 1.89. The van der Waals surface area contributed by atoms with Crippen molar-refractivity contribution in [2.45, 2.75) is 31.7 Å². The van der Waals surface area contributed by atoms with E-state index in [2.05, 4.69) is 4.99 Å². The molecular weight excluding hydrogens is 320 g/mol. The number of amidine groups is 1. The molecule has 118 valence electrons. The molecule has 2 heterocycles. The lowest BCUT2D eigenvalue weighted by molar-refractivity contribution is -0.115. The summed E-state index contributed by atoms with van der Waals surface area (Å²) >= 11 is 1.42. The molecule has 1 amide bonds. The van der Waals surface area contributed by atoms with Crippen LogP contribution in [0.15, 0.2) is 29.3 Å². The van der Waals surface area contributed by atoms with Crippen molar-refractivity contribution in [1.29, 1.82) is 0 Å². The molecule has 0 aromatic heterocycles. The summed E-state index contributed by atoms with van der Waals surface area (Å²) in [5.41, 5.74) is 2.27. The van der Waals surface area contributed by atoms with Crippen LogP contribution in [0.1, 0.15) is 18.1 Å². The molecule has 3 rings (SSSR count). The van der Waals surface area contributed by atoms with E-state index in [9.17, 15) is 13.2 Å². The summed E-state index contributed by atoms with van der Waals surface area (Å²) in [5, 5.41) is 0.631. The highest BCUT2D eigenvalue weighted by molar-refractivity contribution is 8.15. The third-order valence-electron chi connectivity index (χ3n) is 3.90. The zero-order valence-electron chi connectivity index (χ0n) is 12.5. The summed E-state index contributed by atoms with van der Waals surface area (Å²) in [4.78, 5) is 17.4. The fourth-order valence-corrected chi connectivity index (χ4v) is 6.84. The molecule has 0 bridgehead atoms. The number of hydrogen-bond acceptors (Lipinski definition) is 4. The van der Waals surface area contributed by atoms with Crippen molar-refractivity contribution in [3.63, 3.8) is 0 Å². The van der Waals surface area contributed by atoms with Gasteiger partial charge in [-0.3, -0.25) is 4.79 Å². The van der Waals surface area contributed by atoms with E-state index < -0.39 is 9.84 Å². The van der Waals surface area contributed by atoms with Gasteiger partial charge in [-0.1, -0.05) is 41.6 Å². The van der Waals surface area contributed by atoms with E-state index in [0.29, 0.717) is 11.7 Å². The largest absolute Gasteiger partial charge is 0.342 e. The van der Waals surface area contributed by atoms with E-state index in [1.165, 1.54) is 24.2 Å². The van der Waals surface area contributed by atoms with Crippen LogP contribution in [0, 0.1) is 6.92 Å². The van der Waals surface area contributed by atoms with Gasteiger partial charge in [0, 0.05) is 18.7 Å². The van der Waals surface area contributed by atoms with Gasteiger partial charge >= 0.3 is 0 Å². The van der Waals surface area contributed by atoms with Gasteiger partial charge in [-0.15, -0.1) is 0 Å². The van der Waals surface area contributed by atoms with E-state index in [1.807, 2.05) is 36.1 Å². The number of benzene rings is 1. The van der Waals surface area contributed by atoms with Gasteiger partial charge in [0.2, 0.25) is 5.91 Å². The number of sulfone groups is 1. The summed E-state index contributed by atoms with van der Waals surface area (Å²) < 4.78 is 23.7. The molecule has 1 aromatic carbocycles. The lowest BCUT2D eigenvalue weighted by Gasteiger charge is -2.24. The average Bonchev–Trinajstić information content (AvgIpc) is 2.85. The lowest BCUT2D eigenvalue weighted by Crippen LogP contribution is -2.37. The maximum atomic E-state index is 11.9. The number of carbonyl (C=O) groups excluding carboxylic acids is 1. The van der Waals surface area contributed by atoms with E-state index in [0.717, 1.165) is 5.56 Å². The van der Waals surface area contributed by atoms with Gasteiger partial charge in [0.25, 0.3) is 0 Å². The molecule has 0 spiro atoms. The molecule has 0 radical (unpaired) electrons. The van der Waals surface area contributed by atoms with Crippen LogP contribution in [0.5, 0.6) is 0 Å². The number of carbonyl (C=O) groups is 1. The Morgan fingerprint density at radius 1 is 1.32 bits per heavy atom. The first-order valence-corrected chi connectivity index (χ1v) is 9.83. The predicted octanol–water partition coefficient (Wildman–Crippen LogP) is 1.61.